The van der Waals surface area contributed by atoms with Gasteiger partial charge in [0.2, 0.25) is 0 Å². The second-order valence-corrected chi connectivity index (χ2v) is 4.97. The largest absolute Gasteiger partial charge is 0.371 e. The molecule has 2 rings (SSSR count). The molecular weight excluding hydrogens is 196 g/mol. The van der Waals surface area contributed by atoms with Crippen LogP contribution in [0.4, 0.5) is 5.69 Å². The monoisotopic (exact) mass is 218 g/mol. The quantitative estimate of drug-likeness (QED) is 0.837. The topological polar surface area (TPSA) is 15.3 Å². The van der Waals surface area contributed by atoms with Crippen LogP contribution in [-0.4, -0.2) is 26.2 Å². The molecule has 0 saturated heterocycles. The second kappa shape index (κ2) is 4.46. The minimum Gasteiger partial charge on any atom is -0.371 e. The number of anilines is 1. The molecule has 2 atom stereocenters. The SMILES string of the molecule is CNC(C)Cc1cccc2c1CC(C)N2C. The molecule has 0 aliphatic carbocycles. The van der Waals surface area contributed by atoms with E-state index in [0.29, 0.717) is 12.1 Å². The van der Waals surface area contributed by atoms with Gasteiger partial charge in [-0.2, -0.15) is 0 Å². The van der Waals surface area contributed by atoms with Crippen LogP contribution in [0.5, 0.6) is 0 Å². The minimum absolute atomic E-state index is 0.549. The van der Waals surface area contributed by atoms with Gasteiger partial charge in [-0.25, -0.2) is 0 Å². The van der Waals surface area contributed by atoms with Crippen LogP contribution in [0.3, 0.4) is 0 Å². The van der Waals surface area contributed by atoms with Crippen LogP contribution in [0.25, 0.3) is 0 Å². The molecule has 0 spiro atoms. The Balaban J connectivity index is 2.29. The summed E-state index contributed by atoms with van der Waals surface area (Å²) in [4.78, 5) is 2.39. The van der Waals surface area contributed by atoms with Crippen LogP contribution in [0, 0.1) is 0 Å². The van der Waals surface area contributed by atoms with Gasteiger partial charge in [-0.3, -0.25) is 0 Å². The predicted molar refractivity (Wildman–Crippen MR) is 70.2 cm³/mol. The summed E-state index contributed by atoms with van der Waals surface area (Å²) in [5.41, 5.74) is 4.49. The van der Waals surface area contributed by atoms with Crippen molar-refractivity contribution >= 4 is 5.69 Å². The number of hydrogen-bond acceptors (Lipinski definition) is 2. The highest BCUT2D eigenvalue weighted by Gasteiger charge is 2.24. The zero-order valence-electron chi connectivity index (χ0n) is 10.7. The Morgan fingerprint density at radius 1 is 1.50 bits per heavy atom. The number of benzene rings is 1. The van der Waals surface area contributed by atoms with Gasteiger partial charge < -0.3 is 10.2 Å². The van der Waals surface area contributed by atoms with Gasteiger partial charge in [-0.15, -0.1) is 0 Å². The Morgan fingerprint density at radius 2 is 2.25 bits per heavy atom. The lowest BCUT2D eigenvalue weighted by atomic mass is 9.98. The van der Waals surface area contributed by atoms with Gasteiger partial charge in [-0.1, -0.05) is 12.1 Å². The molecule has 88 valence electrons. The van der Waals surface area contributed by atoms with E-state index in [1.54, 1.807) is 5.56 Å². The van der Waals surface area contributed by atoms with E-state index >= 15 is 0 Å². The fraction of sp³-hybridized carbons (Fsp3) is 0.571. The van der Waals surface area contributed by atoms with Gasteiger partial charge in [0.1, 0.15) is 0 Å². The van der Waals surface area contributed by atoms with Gasteiger partial charge >= 0.3 is 0 Å². The van der Waals surface area contributed by atoms with E-state index in [1.165, 1.54) is 17.7 Å². The Hall–Kier alpha value is -1.02. The van der Waals surface area contributed by atoms with Gasteiger partial charge in [0.15, 0.2) is 0 Å². The molecule has 1 aliphatic rings. The second-order valence-electron chi connectivity index (χ2n) is 4.97. The van der Waals surface area contributed by atoms with E-state index in [1.807, 2.05) is 7.05 Å². The molecule has 2 nitrogen and oxygen atoms in total. The molecule has 1 aromatic rings. The van der Waals surface area contributed by atoms with Gasteiger partial charge in [0, 0.05) is 24.8 Å². The summed E-state index contributed by atoms with van der Waals surface area (Å²) < 4.78 is 0. The molecule has 0 saturated carbocycles. The Bertz CT molecular complexity index is 373. The van der Waals surface area contributed by atoms with Crippen molar-refractivity contribution in [3.8, 4) is 0 Å². The van der Waals surface area contributed by atoms with Crippen LogP contribution in [-0.2, 0) is 12.8 Å². The number of nitrogens with zero attached hydrogens (tertiary/aromatic N) is 1. The Kier molecular flexibility index (Phi) is 3.20. The first-order chi connectivity index (χ1) is 7.63. The molecule has 1 N–H and O–H groups in total. The third-order valence-corrected chi connectivity index (χ3v) is 3.81. The van der Waals surface area contributed by atoms with Crippen LogP contribution in [0.15, 0.2) is 18.2 Å². The zero-order valence-corrected chi connectivity index (χ0v) is 10.7. The average molecular weight is 218 g/mol. The highest BCUT2D eigenvalue weighted by atomic mass is 15.1. The molecule has 1 heterocycles. The smallest absolute Gasteiger partial charge is 0.0402 e. The maximum atomic E-state index is 3.31. The molecule has 0 bridgehead atoms. The maximum Gasteiger partial charge on any atom is 0.0402 e. The summed E-state index contributed by atoms with van der Waals surface area (Å²) in [6, 6.07) is 7.89. The van der Waals surface area contributed by atoms with Crippen molar-refractivity contribution in [2.75, 3.05) is 19.0 Å². The van der Waals surface area contributed by atoms with Gasteiger partial charge in [0.05, 0.1) is 0 Å². The van der Waals surface area contributed by atoms with Gasteiger partial charge in [0.25, 0.3) is 0 Å². The standard InChI is InChI=1S/C14H22N2/c1-10(15-3)8-12-6-5-7-14-13(12)9-11(2)16(14)4/h5-7,10-11,15H,8-9H2,1-4H3. The summed E-state index contributed by atoms with van der Waals surface area (Å²) >= 11 is 0. The van der Waals surface area contributed by atoms with Crippen molar-refractivity contribution in [1.29, 1.82) is 0 Å². The summed E-state index contributed by atoms with van der Waals surface area (Å²) in [6.07, 6.45) is 2.32. The lowest BCUT2D eigenvalue weighted by Crippen LogP contribution is -2.24. The average Bonchev–Trinajstić information content (AvgIpc) is 2.57. The van der Waals surface area contributed by atoms with Crippen LogP contribution in [0.1, 0.15) is 25.0 Å². The van der Waals surface area contributed by atoms with Gasteiger partial charge in [-0.05, 0) is 50.9 Å². The summed E-state index contributed by atoms with van der Waals surface area (Å²) in [7, 11) is 4.23. The van der Waals surface area contributed by atoms with Crippen molar-refractivity contribution in [3.63, 3.8) is 0 Å². The number of fused-ring (bicyclic) bond motifs is 1. The zero-order chi connectivity index (χ0) is 11.7. The molecule has 1 aromatic carbocycles. The molecular formula is C14H22N2. The van der Waals surface area contributed by atoms with Crippen molar-refractivity contribution in [2.24, 2.45) is 0 Å². The molecule has 0 fully saturated rings. The van der Waals surface area contributed by atoms with Crippen LogP contribution in [0.2, 0.25) is 0 Å². The van der Waals surface area contributed by atoms with Crippen LogP contribution >= 0.6 is 0 Å². The summed E-state index contributed by atoms with van der Waals surface area (Å²) in [5, 5.41) is 3.31. The first-order valence-electron chi connectivity index (χ1n) is 6.14. The minimum atomic E-state index is 0.549. The molecule has 0 amide bonds. The van der Waals surface area contributed by atoms with E-state index in [4.69, 9.17) is 0 Å². The van der Waals surface area contributed by atoms with E-state index in [9.17, 15) is 0 Å². The fourth-order valence-corrected chi connectivity index (χ4v) is 2.48. The molecule has 16 heavy (non-hydrogen) atoms. The highest BCUT2D eigenvalue weighted by Crippen LogP contribution is 2.33. The number of rotatable bonds is 3. The van der Waals surface area contributed by atoms with Crippen molar-refractivity contribution in [1.82, 2.24) is 5.32 Å². The van der Waals surface area contributed by atoms with E-state index in [0.717, 1.165) is 6.42 Å². The fourth-order valence-electron chi connectivity index (χ4n) is 2.48. The summed E-state index contributed by atoms with van der Waals surface area (Å²) in [6.45, 7) is 4.53. The first-order valence-corrected chi connectivity index (χ1v) is 6.14. The Morgan fingerprint density at radius 3 is 2.94 bits per heavy atom. The summed E-state index contributed by atoms with van der Waals surface area (Å²) in [5.74, 6) is 0. The first kappa shape index (κ1) is 11.5. The van der Waals surface area contributed by atoms with E-state index in [2.05, 4.69) is 49.3 Å². The normalized spacial score (nSPS) is 21.0. The molecule has 0 radical (unpaired) electrons. The number of likely N-dealkylation sites (N-methyl/N-ethyl adjacent to an activating group) is 2. The number of nitrogens with one attached hydrogen (secondary N) is 1. The Labute approximate surface area is 98.7 Å². The molecule has 2 heteroatoms. The maximum absolute atomic E-state index is 3.31. The van der Waals surface area contributed by atoms with E-state index < -0.39 is 0 Å². The van der Waals surface area contributed by atoms with Crippen LogP contribution < -0.4 is 10.2 Å². The predicted octanol–water partition coefficient (Wildman–Crippen LogP) is 2.22. The third kappa shape index (κ3) is 1.94. The van der Waals surface area contributed by atoms with Crippen molar-refractivity contribution < 1.29 is 0 Å². The highest BCUT2D eigenvalue weighted by molar-refractivity contribution is 5.61. The number of hydrogen-bond donors (Lipinski definition) is 1. The van der Waals surface area contributed by atoms with E-state index in [-0.39, 0.29) is 0 Å². The lowest BCUT2D eigenvalue weighted by molar-refractivity contribution is 0.605. The lowest BCUT2D eigenvalue weighted by Gasteiger charge is -2.18. The molecule has 2 unspecified atom stereocenters. The third-order valence-electron chi connectivity index (χ3n) is 3.81. The van der Waals surface area contributed by atoms with Crippen molar-refractivity contribution in [3.05, 3.63) is 29.3 Å². The molecule has 1 aliphatic heterocycles. The van der Waals surface area contributed by atoms with Crippen molar-refractivity contribution in [2.45, 2.75) is 38.8 Å². The molecule has 0 aromatic heterocycles.